The molecule has 0 aliphatic carbocycles. The average Bonchev–Trinajstić information content (AvgIpc) is 2.62. The summed E-state index contributed by atoms with van der Waals surface area (Å²) in [6, 6.07) is 18.2. The van der Waals surface area contributed by atoms with Gasteiger partial charge in [0.1, 0.15) is 5.69 Å². The summed E-state index contributed by atoms with van der Waals surface area (Å²) in [4.78, 5) is 16.4. The van der Waals surface area contributed by atoms with Crippen LogP contribution < -0.4 is 10.6 Å². The van der Waals surface area contributed by atoms with E-state index in [0.717, 1.165) is 16.9 Å². The molecule has 3 rings (SSSR count). The van der Waals surface area contributed by atoms with E-state index in [1.165, 1.54) is 0 Å². The quantitative estimate of drug-likeness (QED) is 0.658. The third kappa shape index (κ3) is 4.95. The van der Waals surface area contributed by atoms with Gasteiger partial charge in [-0.25, -0.2) is 4.98 Å². The van der Waals surface area contributed by atoms with Crippen molar-refractivity contribution in [2.75, 3.05) is 5.32 Å². The van der Waals surface area contributed by atoms with Crippen LogP contribution in [0.3, 0.4) is 0 Å². The molecule has 126 valence electrons. The molecule has 2 N–H and O–H groups in total. The van der Waals surface area contributed by atoms with Gasteiger partial charge in [0.15, 0.2) is 0 Å². The Hall–Kier alpha value is -2.56. The summed E-state index contributed by atoms with van der Waals surface area (Å²) < 4.78 is 0. The van der Waals surface area contributed by atoms with Crippen molar-refractivity contribution in [3.8, 4) is 0 Å². The van der Waals surface area contributed by atoms with Crippen LogP contribution in [0.1, 0.15) is 16.1 Å². The third-order valence-electron chi connectivity index (χ3n) is 3.48. The number of carbonyl (C=O) groups is 1. The zero-order chi connectivity index (χ0) is 17.6. The summed E-state index contributed by atoms with van der Waals surface area (Å²) in [5.74, 6) is -0.232. The first kappa shape index (κ1) is 17.3. The molecule has 0 aliphatic heterocycles. The molecule has 0 spiro atoms. The van der Waals surface area contributed by atoms with Crippen molar-refractivity contribution in [2.24, 2.45) is 0 Å². The summed E-state index contributed by atoms with van der Waals surface area (Å²) in [6.45, 7) is 0.417. The molecule has 0 atom stereocenters. The minimum atomic E-state index is -0.232. The van der Waals surface area contributed by atoms with Crippen LogP contribution in [0, 0.1) is 0 Å². The van der Waals surface area contributed by atoms with Crippen LogP contribution in [0.4, 0.5) is 11.4 Å². The zero-order valence-electron chi connectivity index (χ0n) is 13.2. The van der Waals surface area contributed by atoms with Gasteiger partial charge in [-0.2, -0.15) is 0 Å². The minimum Gasteiger partial charge on any atom is -0.354 e. The number of anilines is 2. The highest BCUT2D eigenvalue weighted by atomic mass is 35.5. The lowest BCUT2D eigenvalue weighted by Crippen LogP contribution is -2.23. The van der Waals surface area contributed by atoms with Gasteiger partial charge in [0.2, 0.25) is 0 Å². The van der Waals surface area contributed by atoms with E-state index in [1.54, 1.807) is 36.5 Å². The first-order valence-electron chi connectivity index (χ1n) is 7.61. The fourth-order valence-corrected chi connectivity index (χ4v) is 2.53. The van der Waals surface area contributed by atoms with Gasteiger partial charge in [0, 0.05) is 22.3 Å². The van der Waals surface area contributed by atoms with Crippen molar-refractivity contribution < 1.29 is 4.79 Å². The van der Waals surface area contributed by atoms with Crippen molar-refractivity contribution >= 4 is 40.5 Å². The molecule has 0 saturated carbocycles. The topological polar surface area (TPSA) is 54.0 Å². The van der Waals surface area contributed by atoms with Crippen LogP contribution in [0.25, 0.3) is 0 Å². The molecule has 0 fully saturated rings. The van der Waals surface area contributed by atoms with Gasteiger partial charge in [-0.05, 0) is 48.0 Å². The number of halogens is 2. The summed E-state index contributed by atoms with van der Waals surface area (Å²) in [5.41, 5.74) is 2.95. The normalized spacial score (nSPS) is 10.3. The van der Waals surface area contributed by atoms with E-state index < -0.39 is 0 Å². The first-order chi connectivity index (χ1) is 12.1. The van der Waals surface area contributed by atoms with E-state index in [9.17, 15) is 4.79 Å². The summed E-state index contributed by atoms with van der Waals surface area (Å²) in [5, 5.41) is 7.33. The number of nitrogens with zero attached hydrogens (tertiary/aromatic N) is 1. The molecule has 6 heteroatoms. The predicted molar refractivity (Wildman–Crippen MR) is 102 cm³/mol. The number of rotatable bonds is 5. The van der Waals surface area contributed by atoms with Crippen LogP contribution in [0.15, 0.2) is 66.9 Å². The van der Waals surface area contributed by atoms with Gasteiger partial charge in [-0.1, -0.05) is 41.4 Å². The van der Waals surface area contributed by atoms with Crippen LogP contribution in [0.5, 0.6) is 0 Å². The molecule has 1 amide bonds. The Morgan fingerprint density at radius 1 is 0.920 bits per heavy atom. The summed E-state index contributed by atoms with van der Waals surface area (Å²) in [6.07, 6.45) is 1.61. The van der Waals surface area contributed by atoms with Gasteiger partial charge in [0.05, 0.1) is 11.9 Å². The fourth-order valence-electron chi connectivity index (χ4n) is 2.21. The molecule has 0 saturated heterocycles. The molecule has 0 bridgehead atoms. The lowest BCUT2D eigenvalue weighted by Gasteiger charge is -2.08. The molecule has 0 radical (unpaired) electrons. The molecule has 25 heavy (non-hydrogen) atoms. The van der Waals surface area contributed by atoms with Crippen LogP contribution in [0.2, 0.25) is 10.0 Å². The zero-order valence-corrected chi connectivity index (χ0v) is 14.7. The van der Waals surface area contributed by atoms with E-state index in [-0.39, 0.29) is 5.91 Å². The molecule has 3 aromatic rings. The van der Waals surface area contributed by atoms with Crippen molar-refractivity contribution in [1.29, 1.82) is 0 Å². The minimum absolute atomic E-state index is 0.232. The number of nitrogens with one attached hydrogen (secondary N) is 2. The Morgan fingerprint density at radius 3 is 2.40 bits per heavy atom. The smallest absolute Gasteiger partial charge is 0.270 e. The Bertz CT molecular complexity index is 865. The second-order valence-electron chi connectivity index (χ2n) is 5.38. The number of hydrogen-bond acceptors (Lipinski definition) is 3. The SMILES string of the molecule is O=C(NCc1ccc(Cl)cc1)c1ccc(Nc2cccc(Cl)c2)cn1. The molecule has 1 heterocycles. The highest BCUT2D eigenvalue weighted by molar-refractivity contribution is 6.31. The van der Waals surface area contributed by atoms with Crippen LogP contribution >= 0.6 is 23.2 Å². The Balaban J connectivity index is 1.59. The van der Waals surface area contributed by atoms with Gasteiger partial charge in [0.25, 0.3) is 5.91 Å². The van der Waals surface area contributed by atoms with Crippen molar-refractivity contribution in [2.45, 2.75) is 6.54 Å². The number of hydrogen-bond donors (Lipinski definition) is 2. The number of amides is 1. The highest BCUT2D eigenvalue weighted by Gasteiger charge is 2.07. The largest absolute Gasteiger partial charge is 0.354 e. The Labute approximate surface area is 155 Å². The molecular weight excluding hydrogens is 357 g/mol. The van der Waals surface area contributed by atoms with Gasteiger partial charge >= 0.3 is 0 Å². The average molecular weight is 372 g/mol. The third-order valence-corrected chi connectivity index (χ3v) is 3.96. The van der Waals surface area contributed by atoms with E-state index in [1.807, 2.05) is 30.3 Å². The summed E-state index contributed by atoms with van der Waals surface area (Å²) in [7, 11) is 0. The highest BCUT2D eigenvalue weighted by Crippen LogP contribution is 2.19. The van der Waals surface area contributed by atoms with E-state index in [0.29, 0.717) is 22.3 Å². The van der Waals surface area contributed by atoms with Crippen LogP contribution in [-0.4, -0.2) is 10.9 Å². The van der Waals surface area contributed by atoms with E-state index in [4.69, 9.17) is 23.2 Å². The number of carbonyl (C=O) groups excluding carboxylic acids is 1. The number of benzene rings is 2. The van der Waals surface area contributed by atoms with Gasteiger partial charge in [-0.3, -0.25) is 4.79 Å². The molecule has 0 unspecified atom stereocenters. The maximum absolute atomic E-state index is 12.2. The summed E-state index contributed by atoms with van der Waals surface area (Å²) >= 11 is 11.8. The predicted octanol–water partition coefficient (Wildman–Crippen LogP) is 5.06. The standard InChI is InChI=1S/C19H15Cl2N3O/c20-14-6-4-13(5-7-14)11-23-19(25)18-9-8-17(12-22-18)24-16-3-1-2-15(21)10-16/h1-10,12,24H,11H2,(H,23,25). The van der Waals surface area contributed by atoms with Gasteiger partial charge in [-0.15, -0.1) is 0 Å². The van der Waals surface area contributed by atoms with Crippen LogP contribution in [-0.2, 0) is 6.54 Å². The Morgan fingerprint density at radius 2 is 1.72 bits per heavy atom. The first-order valence-corrected chi connectivity index (χ1v) is 8.37. The van der Waals surface area contributed by atoms with Crippen molar-refractivity contribution in [3.63, 3.8) is 0 Å². The van der Waals surface area contributed by atoms with E-state index >= 15 is 0 Å². The molecule has 4 nitrogen and oxygen atoms in total. The molecule has 2 aromatic carbocycles. The van der Waals surface area contributed by atoms with E-state index in [2.05, 4.69) is 15.6 Å². The second kappa shape index (κ2) is 8.01. The lowest BCUT2D eigenvalue weighted by molar-refractivity contribution is 0.0946. The molecule has 1 aromatic heterocycles. The van der Waals surface area contributed by atoms with Crippen molar-refractivity contribution in [3.05, 3.63) is 88.2 Å². The van der Waals surface area contributed by atoms with Gasteiger partial charge < -0.3 is 10.6 Å². The lowest BCUT2D eigenvalue weighted by atomic mass is 10.2. The van der Waals surface area contributed by atoms with Crippen molar-refractivity contribution in [1.82, 2.24) is 10.3 Å². The fraction of sp³-hybridized carbons (Fsp3) is 0.0526. The monoisotopic (exact) mass is 371 g/mol. The number of pyridine rings is 1. The maximum Gasteiger partial charge on any atom is 0.270 e. The molecular formula is C19H15Cl2N3O. The number of aromatic nitrogens is 1. The maximum atomic E-state index is 12.2. The Kier molecular flexibility index (Phi) is 5.53. The second-order valence-corrected chi connectivity index (χ2v) is 6.25. The molecule has 0 aliphatic rings.